The van der Waals surface area contributed by atoms with Gasteiger partial charge >= 0.3 is 0 Å². The molecule has 0 saturated carbocycles. The lowest BCUT2D eigenvalue weighted by Gasteiger charge is -2.08. The van der Waals surface area contributed by atoms with Crippen molar-refractivity contribution in [2.24, 2.45) is 0 Å². The molecule has 0 aliphatic rings. The van der Waals surface area contributed by atoms with E-state index in [0.29, 0.717) is 12.0 Å². The van der Waals surface area contributed by atoms with Crippen molar-refractivity contribution >= 4 is 6.29 Å². The van der Waals surface area contributed by atoms with Crippen LogP contribution in [0, 0.1) is 17.1 Å². The third-order valence-electron chi connectivity index (χ3n) is 2.34. The first-order valence-electron chi connectivity index (χ1n) is 5.17. The van der Waals surface area contributed by atoms with Crippen LogP contribution in [0.25, 0.3) is 0 Å². The van der Waals surface area contributed by atoms with Crippen molar-refractivity contribution in [3.05, 3.63) is 59.4 Å². The minimum atomic E-state index is -0.860. The number of carbonyl (C=O) groups excluding carboxylic acids is 1. The minimum absolute atomic E-state index is 0.0896. The monoisotopic (exact) mass is 241 g/mol. The second-order valence-corrected chi connectivity index (χ2v) is 3.49. The maximum atomic E-state index is 13.7. The normalized spacial score (nSPS) is 9.56. The van der Waals surface area contributed by atoms with E-state index >= 15 is 0 Å². The third-order valence-corrected chi connectivity index (χ3v) is 2.34. The number of nitrogens with zero attached hydrogens (tertiary/aromatic N) is 1. The number of para-hydroxylation sites is 1. The number of hydrogen-bond acceptors (Lipinski definition) is 3. The second-order valence-electron chi connectivity index (χ2n) is 3.49. The van der Waals surface area contributed by atoms with Crippen molar-refractivity contribution < 1.29 is 13.9 Å². The van der Waals surface area contributed by atoms with Gasteiger partial charge in [0.1, 0.15) is 23.1 Å². The van der Waals surface area contributed by atoms with Gasteiger partial charge in [-0.1, -0.05) is 18.2 Å². The quantitative estimate of drug-likeness (QED) is 0.774. The molecule has 2 aromatic rings. The number of hydrogen-bond donors (Lipinski definition) is 0. The van der Waals surface area contributed by atoms with Crippen LogP contribution in [0.5, 0.6) is 11.5 Å². The Kier molecular flexibility index (Phi) is 3.35. The zero-order valence-corrected chi connectivity index (χ0v) is 9.26. The molecule has 0 aromatic heterocycles. The Balaban J connectivity index is 2.44. The van der Waals surface area contributed by atoms with Gasteiger partial charge in [-0.2, -0.15) is 5.26 Å². The molecule has 0 saturated heterocycles. The highest BCUT2D eigenvalue weighted by atomic mass is 19.1. The van der Waals surface area contributed by atoms with Crippen molar-refractivity contribution in [1.82, 2.24) is 0 Å². The highest BCUT2D eigenvalue weighted by Gasteiger charge is 2.14. The van der Waals surface area contributed by atoms with Gasteiger partial charge in [0.15, 0.2) is 12.1 Å². The number of ether oxygens (including phenoxy) is 1. The van der Waals surface area contributed by atoms with Crippen LogP contribution in [-0.4, -0.2) is 6.29 Å². The summed E-state index contributed by atoms with van der Waals surface area (Å²) in [6, 6.07) is 13.1. The Hall–Kier alpha value is -2.67. The number of aldehydes is 1. The molecule has 0 fully saturated rings. The first-order chi connectivity index (χ1) is 8.76. The van der Waals surface area contributed by atoms with E-state index in [1.807, 2.05) is 6.07 Å². The highest BCUT2D eigenvalue weighted by Crippen LogP contribution is 2.27. The number of carbonyl (C=O) groups is 1. The van der Waals surface area contributed by atoms with Gasteiger partial charge in [-0.15, -0.1) is 0 Å². The van der Waals surface area contributed by atoms with Crippen molar-refractivity contribution in [2.45, 2.75) is 0 Å². The standard InChI is InChI=1S/C14H8FNO2/c15-14-10(9-17)6-7-13(12(14)8-16)18-11-4-2-1-3-5-11/h1-7,9H. The Morgan fingerprint density at radius 3 is 2.50 bits per heavy atom. The van der Waals surface area contributed by atoms with Crippen LogP contribution in [0.4, 0.5) is 4.39 Å². The third kappa shape index (κ3) is 2.20. The molecule has 0 aliphatic heterocycles. The van der Waals surface area contributed by atoms with Crippen LogP contribution in [0.3, 0.4) is 0 Å². The van der Waals surface area contributed by atoms with E-state index in [9.17, 15) is 9.18 Å². The summed E-state index contributed by atoms with van der Waals surface area (Å²) in [6.07, 6.45) is 0.364. The minimum Gasteiger partial charge on any atom is -0.456 e. The van der Waals surface area contributed by atoms with E-state index in [2.05, 4.69) is 0 Å². The van der Waals surface area contributed by atoms with Gasteiger partial charge in [0, 0.05) is 0 Å². The summed E-state index contributed by atoms with van der Waals surface area (Å²) in [5, 5.41) is 8.91. The molecule has 0 N–H and O–H groups in total. The smallest absolute Gasteiger partial charge is 0.155 e. The van der Waals surface area contributed by atoms with E-state index in [1.165, 1.54) is 12.1 Å². The van der Waals surface area contributed by atoms with Crippen molar-refractivity contribution in [2.75, 3.05) is 0 Å². The summed E-state index contributed by atoms with van der Waals surface area (Å²) < 4.78 is 19.1. The van der Waals surface area contributed by atoms with Crippen molar-refractivity contribution in [1.29, 1.82) is 5.26 Å². The van der Waals surface area contributed by atoms with Crippen molar-refractivity contribution in [3.63, 3.8) is 0 Å². The molecule has 2 aromatic carbocycles. The molecule has 0 unspecified atom stereocenters. The van der Waals surface area contributed by atoms with E-state index < -0.39 is 5.82 Å². The van der Waals surface area contributed by atoms with E-state index in [-0.39, 0.29) is 16.9 Å². The lowest BCUT2D eigenvalue weighted by atomic mass is 10.1. The Bertz CT molecular complexity index is 618. The van der Waals surface area contributed by atoms with Crippen LogP contribution in [0.1, 0.15) is 15.9 Å². The lowest BCUT2D eigenvalue weighted by Crippen LogP contribution is -1.96. The molecule has 0 amide bonds. The van der Waals surface area contributed by atoms with Crippen LogP contribution < -0.4 is 4.74 Å². The second kappa shape index (κ2) is 5.11. The average molecular weight is 241 g/mol. The van der Waals surface area contributed by atoms with Crippen LogP contribution in [0.15, 0.2) is 42.5 Å². The molecule has 18 heavy (non-hydrogen) atoms. The zero-order valence-electron chi connectivity index (χ0n) is 9.26. The van der Waals surface area contributed by atoms with Crippen molar-refractivity contribution in [3.8, 4) is 17.6 Å². The Labute approximate surface area is 103 Å². The molecule has 3 nitrogen and oxygen atoms in total. The molecular weight excluding hydrogens is 233 g/mol. The molecule has 0 aliphatic carbocycles. The lowest BCUT2D eigenvalue weighted by molar-refractivity contribution is 0.111. The summed E-state index contributed by atoms with van der Waals surface area (Å²) in [5.41, 5.74) is -0.435. The molecule has 0 radical (unpaired) electrons. The summed E-state index contributed by atoms with van der Waals surface area (Å²) in [6.45, 7) is 0. The van der Waals surface area contributed by atoms with Crippen LogP contribution in [0.2, 0.25) is 0 Å². The summed E-state index contributed by atoms with van der Waals surface area (Å²) in [7, 11) is 0. The predicted octanol–water partition coefficient (Wildman–Crippen LogP) is 3.30. The van der Waals surface area contributed by atoms with Gasteiger partial charge in [-0.25, -0.2) is 4.39 Å². The van der Waals surface area contributed by atoms with Gasteiger partial charge in [-0.3, -0.25) is 4.79 Å². The van der Waals surface area contributed by atoms with E-state index in [0.717, 1.165) is 0 Å². The predicted molar refractivity (Wildman–Crippen MR) is 63.0 cm³/mol. The van der Waals surface area contributed by atoms with Gasteiger partial charge in [0.25, 0.3) is 0 Å². The maximum Gasteiger partial charge on any atom is 0.155 e. The molecule has 0 atom stereocenters. The first-order valence-corrected chi connectivity index (χ1v) is 5.17. The first kappa shape index (κ1) is 11.8. The maximum absolute atomic E-state index is 13.7. The number of nitriles is 1. The van der Waals surface area contributed by atoms with Crippen LogP contribution >= 0.6 is 0 Å². The van der Waals surface area contributed by atoms with E-state index in [4.69, 9.17) is 10.00 Å². The number of rotatable bonds is 3. The van der Waals surface area contributed by atoms with Gasteiger partial charge < -0.3 is 4.74 Å². The van der Waals surface area contributed by atoms with Gasteiger partial charge in [-0.05, 0) is 24.3 Å². The molecule has 2 rings (SSSR count). The molecule has 0 spiro atoms. The zero-order chi connectivity index (χ0) is 13.0. The summed E-state index contributed by atoms with van der Waals surface area (Å²) in [4.78, 5) is 10.6. The fourth-order valence-electron chi connectivity index (χ4n) is 1.47. The van der Waals surface area contributed by atoms with Gasteiger partial charge in [0.2, 0.25) is 0 Å². The number of benzene rings is 2. The molecule has 0 bridgehead atoms. The van der Waals surface area contributed by atoms with Gasteiger partial charge in [0.05, 0.1) is 5.56 Å². The molecule has 4 heteroatoms. The Morgan fingerprint density at radius 1 is 1.17 bits per heavy atom. The average Bonchev–Trinajstić information content (AvgIpc) is 2.40. The highest BCUT2D eigenvalue weighted by molar-refractivity contribution is 5.77. The topological polar surface area (TPSA) is 50.1 Å². The molecule has 88 valence electrons. The SMILES string of the molecule is N#Cc1c(Oc2ccccc2)ccc(C=O)c1F. The molecular formula is C14H8FNO2. The number of halogens is 1. The molecule has 0 heterocycles. The fraction of sp³-hybridized carbons (Fsp3) is 0. The fourth-order valence-corrected chi connectivity index (χ4v) is 1.47. The largest absolute Gasteiger partial charge is 0.456 e. The van der Waals surface area contributed by atoms with E-state index in [1.54, 1.807) is 30.3 Å². The Morgan fingerprint density at radius 2 is 1.89 bits per heavy atom. The van der Waals surface area contributed by atoms with Crippen LogP contribution in [-0.2, 0) is 0 Å². The summed E-state index contributed by atoms with van der Waals surface area (Å²) in [5.74, 6) is -0.278. The summed E-state index contributed by atoms with van der Waals surface area (Å²) >= 11 is 0.